The van der Waals surface area contributed by atoms with Crippen molar-refractivity contribution < 1.29 is 14.3 Å². The smallest absolute Gasteiger partial charge is 0.195 e. The Morgan fingerprint density at radius 2 is 2.16 bits per heavy atom. The Bertz CT molecular complexity index is 471. The van der Waals surface area contributed by atoms with E-state index in [0.717, 1.165) is 17.7 Å². The zero-order valence-electron chi connectivity index (χ0n) is 12.2. The monoisotopic (exact) mass is 262 g/mol. The molecule has 1 heterocycles. The lowest BCUT2D eigenvalue weighted by atomic mass is 9.84. The number of hydrogen-bond acceptors (Lipinski definition) is 3. The minimum absolute atomic E-state index is 0.0214. The quantitative estimate of drug-likeness (QED) is 0.781. The molecular weight excluding hydrogens is 240 g/mol. The van der Waals surface area contributed by atoms with Gasteiger partial charge in [-0.25, -0.2) is 0 Å². The van der Waals surface area contributed by atoms with E-state index in [1.807, 2.05) is 45.9 Å². The van der Waals surface area contributed by atoms with Crippen molar-refractivity contribution in [3.05, 3.63) is 29.3 Å². The van der Waals surface area contributed by atoms with Crippen LogP contribution in [-0.2, 0) is 11.2 Å². The van der Waals surface area contributed by atoms with Gasteiger partial charge in [0.1, 0.15) is 11.9 Å². The van der Waals surface area contributed by atoms with Crippen LogP contribution in [0.25, 0.3) is 0 Å². The van der Waals surface area contributed by atoms with Crippen LogP contribution in [-0.4, -0.2) is 25.1 Å². The van der Waals surface area contributed by atoms with Gasteiger partial charge in [0, 0.05) is 13.0 Å². The third kappa shape index (κ3) is 2.81. The minimum atomic E-state index is -0.437. The number of ketones is 1. The number of hydrogen-bond donors (Lipinski definition) is 0. The summed E-state index contributed by atoms with van der Waals surface area (Å²) in [5.74, 6) is 0.773. The van der Waals surface area contributed by atoms with Gasteiger partial charge < -0.3 is 9.47 Å². The number of carbonyl (C=O) groups excluding carboxylic acids is 1. The van der Waals surface area contributed by atoms with Crippen LogP contribution >= 0.6 is 0 Å². The molecule has 0 aromatic heterocycles. The van der Waals surface area contributed by atoms with Crippen LogP contribution in [0.15, 0.2) is 18.2 Å². The molecule has 0 radical (unpaired) electrons. The maximum Gasteiger partial charge on any atom is 0.195 e. The van der Waals surface area contributed by atoms with Crippen LogP contribution in [0.2, 0.25) is 0 Å². The van der Waals surface area contributed by atoms with Gasteiger partial charge in [0.05, 0.1) is 12.2 Å². The first-order valence-electron chi connectivity index (χ1n) is 6.85. The van der Waals surface area contributed by atoms with E-state index in [1.54, 1.807) is 0 Å². The number of rotatable bonds is 4. The Morgan fingerprint density at radius 3 is 2.79 bits per heavy atom. The lowest BCUT2D eigenvalue weighted by Crippen LogP contribution is -2.37. The van der Waals surface area contributed by atoms with E-state index in [4.69, 9.17) is 9.47 Å². The van der Waals surface area contributed by atoms with Crippen LogP contribution in [0.3, 0.4) is 0 Å². The molecule has 19 heavy (non-hydrogen) atoms. The second-order valence-electron chi connectivity index (χ2n) is 5.96. The second kappa shape index (κ2) is 5.33. The average molecular weight is 262 g/mol. The van der Waals surface area contributed by atoms with E-state index in [2.05, 4.69) is 0 Å². The van der Waals surface area contributed by atoms with Crippen molar-refractivity contribution in [2.24, 2.45) is 5.41 Å². The summed E-state index contributed by atoms with van der Waals surface area (Å²) < 4.78 is 11.3. The van der Waals surface area contributed by atoms with E-state index >= 15 is 0 Å². The lowest BCUT2D eigenvalue weighted by Gasteiger charge is -2.29. The average Bonchev–Trinajstić information content (AvgIpc) is 2.81. The molecule has 1 atom stereocenters. The summed E-state index contributed by atoms with van der Waals surface area (Å²) in [5.41, 5.74) is 1.55. The van der Waals surface area contributed by atoms with E-state index in [-0.39, 0.29) is 11.2 Å². The van der Waals surface area contributed by atoms with Crippen molar-refractivity contribution in [2.45, 2.75) is 40.2 Å². The standard InChI is InChI=1S/C16H22O3/c1-5-18-15(16(2,3)4)13(17)12-8-6-7-11-9-10-19-14(11)12/h6-8,15H,5,9-10H2,1-4H3. The molecule has 104 valence electrons. The Hall–Kier alpha value is -1.35. The number of Topliss-reactive ketones (excluding diaryl/α,β-unsaturated/α-hetero) is 1. The molecule has 1 aromatic carbocycles. The van der Waals surface area contributed by atoms with Crippen LogP contribution in [0.4, 0.5) is 0 Å². The summed E-state index contributed by atoms with van der Waals surface area (Å²) in [4.78, 5) is 12.7. The molecule has 0 saturated carbocycles. The van der Waals surface area contributed by atoms with Crippen LogP contribution in [0.5, 0.6) is 5.75 Å². The fraction of sp³-hybridized carbons (Fsp3) is 0.562. The topological polar surface area (TPSA) is 35.5 Å². The maximum atomic E-state index is 12.7. The first-order chi connectivity index (χ1) is 8.95. The molecule has 1 unspecified atom stereocenters. The van der Waals surface area contributed by atoms with Crippen molar-refractivity contribution in [3.8, 4) is 5.75 Å². The Kier molecular flexibility index (Phi) is 3.95. The summed E-state index contributed by atoms with van der Waals surface area (Å²) in [6, 6.07) is 5.78. The first-order valence-corrected chi connectivity index (χ1v) is 6.85. The van der Waals surface area contributed by atoms with Crippen molar-refractivity contribution in [3.63, 3.8) is 0 Å². The summed E-state index contributed by atoms with van der Waals surface area (Å²) in [7, 11) is 0. The SMILES string of the molecule is CCOC(C(=O)c1cccc2c1OCC2)C(C)(C)C. The van der Waals surface area contributed by atoms with Gasteiger partial charge in [-0.1, -0.05) is 32.9 Å². The molecule has 1 aliphatic rings. The molecule has 2 rings (SSSR count). The Labute approximate surface area is 114 Å². The first kappa shape index (κ1) is 14.1. The molecule has 1 aromatic rings. The molecular formula is C16H22O3. The molecule has 0 amide bonds. The third-order valence-electron chi connectivity index (χ3n) is 3.34. The van der Waals surface area contributed by atoms with Crippen molar-refractivity contribution >= 4 is 5.78 Å². The van der Waals surface area contributed by atoms with Crippen molar-refractivity contribution in [2.75, 3.05) is 13.2 Å². The van der Waals surface area contributed by atoms with Gasteiger partial charge in [-0.2, -0.15) is 0 Å². The van der Waals surface area contributed by atoms with Gasteiger partial charge in [0.2, 0.25) is 0 Å². The van der Waals surface area contributed by atoms with Crippen molar-refractivity contribution in [1.29, 1.82) is 0 Å². The summed E-state index contributed by atoms with van der Waals surface area (Å²) in [6.45, 7) is 9.18. The van der Waals surface area contributed by atoms with Crippen LogP contribution in [0, 0.1) is 5.41 Å². The zero-order chi connectivity index (χ0) is 14.0. The molecule has 1 aliphatic heterocycles. The zero-order valence-corrected chi connectivity index (χ0v) is 12.2. The van der Waals surface area contributed by atoms with Gasteiger partial charge in [0.25, 0.3) is 0 Å². The third-order valence-corrected chi connectivity index (χ3v) is 3.34. The number of para-hydroxylation sites is 1. The van der Waals surface area contributed by atoms with Gasteiger partial charge in [-0.05, 0) is 24.0 Å². The lowest BCUT2D eigenvalue weighted by molar-refractivity contribution is -0.000384. The van der Waals surface area contributed by atoms with Gasteiger partial charge in [-0.3, -0.25) is 4.79 Å². The molecule has 0 aliphatic carbocycles. The van der Waals surface area contributed by atoms with E-state index in [1.165, 1.54) is 0 Å². The summed E-state index contributed by atoms with van der Waals surface area (Å²) >= 11 is 0. The van der Waals surface area contributed by atoms with E-state index < -0.39 is 6.10 Å². The molecule has 0 spiro atoms. The van der Waals surface area contributed by atoms with Gasteiger partial charge in [0.15, 0.2) is 5.78 Å². The number of ether oxygens (including phenoxy) is 2. The fourth-order valence-corrected chi connectivity index (χ4v) is 2.44. The minimum Gasteiger partial charge on any atom is -0.492 e. The second-order valence-corrected chi connectivity index (χ2v) is 5.96. The highest BCUT2D eigenvalue weighted by Crippen LogP contribution is 2.33. The number of benzene rings is 1. The highest BCUT2D eigenvalue weighted by Gasteiger charge is 2.35. The Balaban J connectivity index is 2.35. The van der Waals surface area contributed by atoms with Crippen LogP contribution in [0.1, 0.15) is 43.6 Å². The normalized spacial score (nSPS) is 15.8. The van der Waals surface area contributed by atoms with Gasteiger partial charge in [-0.15, -0.1) is 0 Å². The highest BCUT2D eigenvalue weighted by atomic mass is 16.5. The molecule has 3 nitrogen and oxygen atoms in total. The fourth-order valence-electron chi connectivity index (χ4n) is 2.44. The molecule has 3 heteroatoms. The molecule has 0 saturated heterocycles. The highest BCUT2D eigenvalue weighted by molar-refractivity contribution is 6.02. The van der Waals surface area contributed by atoms with E-state index in [9.17, 15) is 4.79 Å². The summed E-state index contributed by atoms with van der Waals surface area (Å²) in [6.07, 6.45) is 0.443. The number of carbonyl (C=O) groups is 1. The molecule has 0 fully saturated rings. The van der Waals surface area contributed by atoms with Crippen molar-refractivity contribution in [1.82, 2.24) is 0 Å². The van der Waals surface area contributed by atoms with E-state index in [0.29, 0.717) is 18.8 Å². The molecule has 0 bridgehead atoms. The predicted octanol–water partition coefficient (Wildman–Crippen LogP) is 3.26. The maximum absolute atomic E-state index is 12.7. The largest absolute Gasteiger partial charge is 0.492 e. The summed E-state index contributed by atoms with van der Waals surface area (Å²) in [5, 5.41) is 0. The van der Waals surface area contributed by atoms with Crippen LogP contribution < -0.4 is 4.74 Å². The predicted molar refractivity (Wildman–Crippen MR) is 74.8 cm³/mol. The molecule has 0 N–H and O–H groups in total. The Morgan fingerprint density at radius 1 is 1.42 bits per heavy atom. The number of fused-ring (bicyclic) bond motifs is 1. The van der Waals surface area contributed by atoms with Gasteiger partial charge >= 0.3 is 0 Å².